The van der Waals surface area contributed by atoms with Crippen LogP contribution in [0, 0.1) is 5.92 Å². The van der Waals surface area contributed by atoms with Gasteiger partial charge in [0.25, 0.3) is 0 Å². The van der Waals surface area contributed by atoms with Crippen LogP contribution in [0.5, 0.6) is 0 Å². The molecule has 3 heteroatoms. The fraction of sp³-hybridized carbons (Fsp3) is 1.00. The Bertz CT molecular complexity index is 118. The standard InChI is InChI=1S/C7H15BO2/c1-3-5-6(9)4(2)7(8)10-5/h4-7,9H,3,8H2,1-2H3/t4-,5+,6?,7+/m0/s1. The van der Waals surface area contributed by atoms with Crippen LogP contribution in [0.25, 0.3) is 0 Å². The lowest BCUT2D eigenvalue weighted by molar-refractivity contribution is 0.0295. The summed E-state index contributed by atoms with van der Waals surface area (Å²) < 4.78 is 5.48. The first-order chi connectivity index (χ1) is 4.66. The zero-order valence-electron chi connectivity index (χ0n) is 6.87. The van der Waals surface area contributed by atoms with E-state index < -0.39 is 0 Å². The minimum atomic E-state index is -0.250. The van der Waals surface area contributed by atoms with Crippen LogP contribution in [-0.2, 0) is 4.74 Å². The van der Waals surface area contributed by atoms with Crippen molar-refractivity contribution >= 4 is 7.85 Å². The Balaban J connectivity index is 2.53. The van der Waals surface area contributed by atoms with Gasteiger partial charge >= 0.3 is 0 Å². The van der Waals surface area contributed by atoms with Crippen LogP contribution < -0.4 is 0 Å². The van der Waals surface area contributed by atoms with E-state index in [9.17, 15) is 5.11 Å². The molecule has 4 atom stereocenters. The molecule has 0 saturated carbocycles. The van der Waals surface area contributed by atoms with Crippen LogP contribution in [0.2, 0.25) is 0 Å². The third kappa shape index (κ3) is 1.20. The average molecular weight is 142 g/mol. The first kappa shape index (κ1) is 8.09. The van der Waals surface area contributed by atoms with Gasteiger partial charge in [-0.25, -0.2) is 0 Å². The molecule has 1 saturated heterocycles. The van der Waals surface area contributed by atoms with Crippen molar-refractivity contribution in [2.24, 2.45) is 5.92 Å². The Morgan fingerprint density at radius 2 is 2.20 bits per heavy atom. The number of ether oxygens (including phenoxy) is 1. The molecule has 10 heavy (non-hydrogen) atoms. The van der Waals surface area contributed by atoms with Crippen LogP contribution >= 0.6 is 0 Å². The van der Waals surface area contributed by atoms with E-state index >= 15 is 0 Å². The molecule has 0 bridgehead atoms. The smallest absolute Gasteiger partial charge is 0.139 e. The Kier molecular flexibility index (Phi) is 2.37. The number of hydrogen-bond donors (Lipinski definition) is 1. The SMILES string of the molecule is B[C@@H]1O[C@H](CC)C(O)[C@@H]1C. The van der Waals surface area contributed by atoms with Crippen LogP contribution in [0.15, 0.2) is 0 Å². The van der Waals surface area contributed by atoms with Crippen molar-refractivity contribution in [2.45, 2.75) is 38.5 Å². The van der Waals surface area contributed by atoms with E-state index in [4.69, 9.17) is 4.74 Å². The highest BCUT2D eigenvalue weighted by Gasteiger charge is 2.36. The fourth-order valence-corrected chi connectivity index (χ4v) is 1.43. The molecule has 1 N–H and O–H groups in total. The summed E-state index contributed by atoms with van der Waals surface area (Å²) in [6.45, 7) is 4.07. The summed E-state index contributed by atoms with van der Waals surface area (Å²) in [7, 11) is 2.02. The van der Waals surface area contributed by atoms with Gasteiger partial charge in [0.2, 0.25) is 0 Å². The van der Waals surface area contributed by atoms with E-state index in [1.54, 1.807) is 0 Å². The van der Waals surface area contributed by atoms with Gasteiger partial charge in [-0.2, -0.15) is 0 Å². The summed E-state index contributed by atoms with van der Waals surface area (Å²) >= 11 is 0. The maximum atomic E-state index is 9.50. The normalized spacial score (nSPS) is 47.9. The molecule has 1 aliphatic rings. The van der Waals surface area contributed by atoms with Crippen LogP contribution in [0.3, 0.4) is 0 Å². The monoisotopic (exact) mass is 142 g/mol. The summed E-state index contributed by atoms with van der Waals surface area (Å²) in [4.78, 5) is 0. The molecule has 1 rings (SSSR count). The molecule has 1 heterocycles. The highest BCUT2D eigenvalue weighted by Crippen LogP contribution is 2.26. The van der Waals surface area contributed by atoms with Crippen molar-refractivity contribution in [1.82, 2.24) is 0 Å². The van der Waals surface area contributed by atoms with Crippen molar-refractivity contribution in [2.75, 3.05) is 0 Å². The van der Waals surface area contributed by atoms with Crippen LogP contribution in [-0.4, -0.2) is 31.2 Å². The van der Waals surface area contributed by atoms with Gasteiger partial charge in [0, 0.05) is 11.9 Å². The average Bonchev–Trinajstić information content (AvgIpc) is 2.17. The molecular formula is C7H15BO2. The molecule has 0 aromatic rings. The Morgan fingerprint density at radius 3 is 2.40 bits per heavy atom. The molecule has 0 aliphatic carbocycles. The van der Waals surface area contributed by atoms with E-state index in [1.807, 2.05) is 21.7 Å². The molecule has 0 radical (unpaired) electrons. The summed E-state index contributed by atoms with van der Waals surface area (Å²) in [5.74, 6) is 0.296. The molecule has 2 nitrogen and oxygen atoms in total. The van der Waals surface area contributed by atoms with Gasteiger partial charge in [-0.15, -0.1) is 0 Å². The predicted molar refractivity (Wildman–Crippen MR) is 42.7 cm³/mol. The predicted octanol–water partition coefficient (Wildman–Crippen LogP) is -0.249. The van der Waals surface area contributed by atoms with Crippen molar-refractivity contribution in [1.29, 1.82) is 0 Å². The van der Waals surface area contributed by atoms with Crippen molar-refractivity contribution in [3.8, 4) is 0 Å². The Labute approximate surface area is 63.0 Å². The quantitative estimate of drug-likeness (QED) is 0.511. The highest BCUT2D eigenvalue weighted by atomic mass is 16.5. The lowest BCUT2D eigenvalue weighted by Gasteiger charge is -2.11. The summed E-state index contributed by atoms with van der Waals surface area (Å²) in [5.41, 5.74) is 0. The van der Waals surface area contributed by atoms with Gasteiger partial charge in [0.05, 0.1) is 12.2 Å². The van der Waals surface area contributed by atoms with Gasteiger partial charge in [-0.05, 0) is 6.42 Å². The highest BCUT2D eigenvalue weighted by molar-refractivity contribution is 6.11. The van der Waals surface area contributed by atoms with Crippen molar-refractivity contribution < 1.29 is 9.84 Å². The molecule has 1 unspecified atom stereocenters. The van der Waals surface area contributed by atoms with E-state index in [0.717, 1.165) is 6.42 Å². The summed E-state index contributed by atoms with van der Waals surface area (Å²) in [6.07, 6.45) is 0.737. The topological polar surface area (TPSA) is 29.5 Å². The number of rotatable bonds is 1. The maximum Gasteiger partial charge on any atom is 0.139 e. The van der Waals surface area contributed by atoms with Gasteiger partial charge < -0.3 is 9.84 Å². The summed E-state index contributed by atoms with van der Waals surface area (Å²) in [6, 6.07) is 0.222. The van der Waals surface area contributed by atoms with Gasteiger partial charge in [0.15, 0.2) is 0 Å². The lowest BCUT2D eigenvalue weighted by atomic mass is 9.86. The molecule has 0 aromatic carbocycles. The van der Waals surface area contributed by atoms with Crippen LogP contribution in [0.1, 0.15) is 20.3 Å². The first-order valence-electron chi connectivity index (χ1n) is 4.00. The number of aliphatic hydroxyl groups excluding tert-OH is 1. The van der Waals surface area contributed by atoms with Crippen molar-refractivity contribution in [3.05, 3.63) is 0 Å². The minimum absolute atomic E-state index is 0.0741. The first-order valence-corrected chi connectivity index (χ1v) is 4.00. The van der Waals surface area contributed by atoms with Gasteiger partial charge in [0.1, 0.15) is 7.85 Å². The third-order valence-electron chi connectivity index (χ3n) is 2.45. The molecule has 58 valence electrons. The third-order valence-corrected chi connectivity index (χ3v) is 2.45. The molecular weight excluding hydrogens is 127 g/mol. The maximum absolute atomic E-state index is 9.50. The Hall–Kier alpha value is -0.0151. The zero-order chi connectivity index (χ0) is 7.72. The number of hydrogen-bond acceptors (Lipinski definition) is 2. The minimum Gasteiger partial charge on any atom is -0.390 e. The second-order valence-electron chi connectivity index (χ2n) is 3.14. The van der Waals surface area contributed by atoms with Crippen LogP contribution in [0.4, 0.5) is 0 Å². The molecule has 0 aromatic heterocycles. The van der Waals surface area contributed by atoms with Crippen molar-refractivity contribution in [3.63, 3.8) is 0 Å². The van der Waals surface area contributed by atoms with E-state index in [2.05, 4.69) is 0 Å². The van der Waals surface area contributed by atoms with E-state index in [1.165, 1.54) is 0 Å². The zero-order valence-corrected chi connectivity index (χ0v) is 6.87. The Morgan fingerprint density at radius 1 is 1.60 bits per heavy atom. The largest absolute Gasteiger partial charge is 0.390 e. The van der Waals surface area contributed by atoms with Gasteiger partial charge in [-0.3, -0.25) is 0 Å². The molecule has 1 fully saturated rings. The van der Waals surface area contributed by atoms with Gasteiger partial charge in [-0.1, -0.05) is 13.8 Å². The number of aliphatic hydroxyl groups is 1. The fourth-order valence-electron chi connectivity index (χ4n) is 1.43. The second-order valence-corrected chi connectivity index (χ2v) is 3.14. The lowest BCUT2D eigenvalue weighted by Crippen LogP contribution is -2.24. The van der Waals surface area contributed by atoms with E-state index in [-0.39, 0.29) is 18.2 Å². The molecule has 0 spiro atoms. The molecule has 1 aliphatic heterocycles. The summed E-state index contributed by atoms with van der Waals surface area (Å²) in [5, 5.41) is 9.50. The second kappa shape index (κ2) is 2.93. The van der Waals surface area contributed by atoms with E-state index in [0.29, 0.717) is 5.92 Å². The molecule has 0 amide bonds.